The molecular formula is C18H15Cl2N3O2. The Labute approximate surface area is 155 Å². The summed E-state index contributed by atoms with van der Waals surface area (Å²) in [7, 11) is 0. The first kappa shape index (κ1) is 16.4. The maximum Gasteiger partial charge on any atom is 0.259 e. The van der Waals surface area contributed by atoms with Gasteiger partial charge >= 0.3 is 0 Å². The van der Waals surface area contributed by atoms with Crippen LogP contribution in [0.15, 0.2) is 47.0 Å². The van der Waals surface area contributed by atoms with Crippen LogP contribution in [0.4, 0.5) is 5.69 Å². The van der Waals surface area contributed by atoms with Gasteiger partial charge in [0.05, 0.1) is 23.8 Å². The van der Waals surface area contributed by atoms with E-state index in [2.05, 4.69) is 27.2 Å². The number of aromatic nitrogens is 2. The maximum absolute atomic E-state index is 6.20. The molecule has 0 unspecified atom stereocenters. The Morgan fingerprint density at radius 3 is 2.44 bits per heavy atom. The molecule has 4 rings (SSSR count). The molecule has 1 aliphatic heterocycles. The predicted molar refractivity (Wildman–Crippen MR) is 98.2 cm³/mol. The number of anilines is 1. The number of ether oxygens (including phenoxy) is 1. The third-order valence-corrected chi connectivity index (χ3v) is 4.64. The van der Waals surface area contributed by atoms with Crippen LogP contribution in [0.5, 0.6) is 0 Å². The number of benzene rings is 2. The second-order valence-electron chi connectivity index (χ2n) is 5.69. The molecule has 1 fully saturated rings. The minimum atomic E-state index is 0.369. The van der Waals surface area contributed by atoms with Gasteiger partial charge in [0.25, 0.3) is 5.89 Å². The molecule has 0 N–H and O–H groups in total. The van der Waals surface area contributed by atoms with Gasteiger partial charge in [-0.15, -0.1) is 0 Å². The van der Waals surface area contributed by atoms with Crippen molar-refractivity contribution in [3.8, 4) is 22.8 Å². The van der Waals surface area contributed by atoms with E-state index in [0.29, 0.717) is 27.3 Å². The van der Waals surface area contributed by atoms with Crippen LogP contribution < -0.4 is 4.90 Å². The van der Waals surface area contributed by atoms with Gasteiger partial charge in [-0.05, 0) is 42.5 Å². The van der Waals surface area contributed by atoms with Crippen molar-refractivity contribution in [3.63, 3.8) is 0 Å². The van der Waals surface area contributed by atoms with E-state index in [-0.39, 0.29) is 0 Å². The molecule has 0 saturated carbocycles. The van der Waals surface area contributed by atoms with Crippen molar-refractivity contribution in [3.05, 3.63) is 52.5 Å². The molecule has 7 heteroatoms. The van der Waals surface area contributed by atoms with E-state index in [0.717, 1.165) is 37.6 Å². The molecular weight excluding hydrogens is 361 g/mol. The highest BCUT2D eigenvalue weighted by Crippen LogP contribution is 2.31. The molecule has 1 saturated heterocycles. The average Bonchev–Trinajstić information content (AvgIpc) is 3.12. The highest BCUT2D eigenvalue weighted by Gasteiger charge is 2.15. The van der Waals surface area contributed by atoms with Gasteiger partial charge in [0.1, 0.15) is 0 Å². The molecule has 0 amide bonds. The molecule has 1 aliphatic rings. The van der Waals surface area contributed by atoms with E-state index < -0.39 is 0 Å². The number of hydrogen-bond acceptors (Lipinski definition) is 5. The molecule has 0 spiro atoms. The Morgan fingerprint density at radius 2 is 1.72 bits per heavy atom. The van der Waals surface area contributed by atoms with Crippen molar-refractivity contribution in [2.75, 3.05) is 31.2 Å². The Balaban J connectivity index is 1.57. The van der Waals surface area contributed by atoms with Crippen molar-refractivity contribution < 1.29 is 9.26 Å². The van der Waals surface area contributed by atoms with Crippen LogP contribution in [-0.4, -0.2) is 36.4 Å². The van der Waals surface area contributed by atoms with Crippen LogP contribution in [0.1, 0.15) is 0 Å². The number of nitrogens with zero attached hydrogens (tertiary/aromatic N) is 3. The van der Waals surface area contributed by atoms with E-state index in [1.165, 1.54) is 0 Å². The van der Waals surface area contributed by atoms with E-state index in [9.17, 15) is 0 Å². The van der Waals surface area contributed by atoms with Crippen LogP contribution in [0.2, 0.25) is 10.0 Å². The Bertz CT molecular complexity index is 874. The summed E-state index contributed by atoms with van der Waals surface area (Å²) in [5.74, 6) is 0.892. The standard InChI is InChI=1S/C18H15Cl2N3O2/c19-13-3-6-15(16(20)11-13)18-21-17(22-25-18)12-1-4-14(5-2-12)23-7-9-24-10-8-23/h1-6,11H,7-10H2. The molecule has 0 aliphatic carbocycles. The summed E-state index contributed by atoms with van der Waals surface area (Å²) in [5.41, 5.74) is 2.71. The fraction of sp³-hybridized carbons (Fsp3) is 0.222. The number of rotatable bonds is 3. The zero-order chi connectivity index (χ0) is 17.2. The molecule has 3 aromatic rings. The summed E-state index contributed by atoms with van der Waals surface area (Å²) in [6.45, 7) is 3.33. The van der Waals surface area contributed by atoms with Crippen molar-refractivity contribution in [2.24, 2.45) is 0 Å². The topological polar surface area (TPSA) is 51.4 Å². The molecule has 0 bridgehead atoms. The highest BCUT2D eigenvalue weighted by molar-refractivity contribution is 6.36. The van der Waals surface area contributed by atoms with Crippen LogP contribution in [-0.2, 0) is 4.74 Å². The van der Waals surface area contributed by atoms with Gasteiger partial charge in [-0.2, -0.15) is 4.98 Å². The normalized spacial score (nSPS) is 14.7. The maximum atomic E-state index is 6.20. The smallest absolute Gasteiger partial charge is 0.259 e. The van der Waals surface area contributed by atoms with Crippen LogP contribution in [0, 0.1) is 0 Å². The zero-order valence-corrected chi connectivity index (χ0v) is 14.8. The quantitative estimate of drug-likeness (QED) is 0.672. The fourth-order valence-corrected chi connectivity index (χ4v) is 3.25. The van der Waals surface area contributed by atoms with Gasteiger partial charge in [0.2, 0.25) is 5.82 Å². The lowest BCUT2D eigenvalue weighted by Gasteiger charge is -2.28. The van der Waals surface area contributed by atoms with Gasteiger partial charge < -0.3 is 14.2 Å². The zero-order valence-electron chi connectivity index (χ0n) is 13.3. The minimum absolute atomic E-state index is 0.369. The van der Waals surface area contributed by atoms with Crippen LogP contribution in [0.3, 0.4) is 0 Å². The van der Waals surface area contributed by atoms with Gasteiger partial charge in [0.15, 0.2) is 0 Å². The second-order valence-corrected chi connectivity index (χ2v) is 6.54. The molecule has 2 heterocycles. The largest absolute Gasteiger partial charge is 0.378 e. The lowest BCUT2D eigenvalue weighted by Crippen LogP contribution is -2.36. The van der Waals surface area contributed by atoms with Gasteiger partial charge in [-0.1, -0.05) is 28.4 Å². The van der Waals surface area contributed by atoms with Crippen LogP contribution in [0.25, 0.3) is 22.8 Å². The number of halogens is 2. The second kappa shape index (κ2) is 7.04. The third kappa shape index (κ3) is 3.49. The first-order valence-corrected chi connectivity index (χ1v) is 8.68. The molecule has 0 radical (unpaired) electrons. The first-order chi connectivity index (χ1) is 12.2. The monoisotopic (exact) mass is 375 g/mol. The minimum Gasteiger partial charge on any atom is -0.378 e. The number of hydrogen-bond donors (Lipinski definition) is 0. The molecule has 128 valence electrons. The molecule has 1 aromatic heterocycles. The van der Waals surface area contributed by atoms with Crippen molar-refractivity contribution >= 4 is 28.9 Å². The third-order valence-electron chi connectivity index (χ3n) is 4.09. The Kier molecular flexibility index (Phi) is 4.61. The lowest BCUT2D eigenvalue weighted by atomic mass is 10.1. The van der Waals surface area contributed by atoms with Gasteiger partial charge in [-0.3, -0.25) is 0 Å². The van der Waals surface area contributed by atoms with Gasteiger partial charge in [-0.25, -0.2) is 0 Å². The summed E-state index contributed by atoms with van der Waals surface area (Å²) >= 11 is 12.1. The average molecular weight is 376 g/mol. The van der Waals surface area contributed by atoms with E-state index in [4.69, 9.17) is 32.5 Å². The fourth-order valence-electron chi connectivity index (χ4n) is 2.76. The molecule has 5 nitrogen and oxygen atoms in total. The van der Waals surface area contributed by atoms with E-state index >= 15 is 0 Å². The predicted octanol–water partition coefficient (Wildman–Crippen LogP) is 4.55. The molecule has 25 heavy (non-hydrogen) atoms. The van der Waals surface area contributed by atoms with Crippen LogP contribution >= 0.6 is 23.2 Å². The lowest BCUT2D eigenvalue weighted by molar-refractivity contribution is 0.122. The first-order valence-electron chi connectivity index (χ1n) is 7.93. The van der Waals surface area contributed by atoms with E-state index in [1.54, 1.807) is 18.2 Å². The van der Waals surface area contributed by atoms with Crippen molar-refractivity contribution in [2.45, 2.75) is 0 Å². The molecule has 2 aromatic carbocycles. The summed E-state index contributed by atoms with van der Waals surface area (Å²) < 4.78 is 10.7. The van der Waals surface area contributed by atoms with Crippen molar-refractivity contribution in [1.82, 2.24) is 10.1 Å². The van der Waals surface area contributed by atoms with Crippen molar-refractivity contribution in [1.29, 1.82) is 0 Å². The van der Waals surface area contributed by atoms with Gasteiger partial charge in [0, 0.05) is 29.4 Å². The highest BCUT2D eigenvalue weighted by atomic mass is 35.5. The Morgan fingerprint density at radius 1 is 0.960 bits per heavy atom. The number of morpholine rings is 1. The summed E-state index contributed by atoms with van der Waals surface area (Å²) in [6.07, 6.45) is 0. The summed E-state index contributed by atoms with van der Waals surface area (Å²) in [4.78, 5) is 6.74. The Hall–Kier alpha value is -2.08. The van der Waals surface area contributed by atoms with E-state index in [1.807, 2.05) is 12.1 Å². The summed E-state index contributed by atoms with van der Waals surface area (Å²) in [5, 5.41) is 5.10. The summed E-state index contributed by atoms with van der Waals surface area (Å²) in [6, 6.07) is 13.3. The SMILES string of the molecule is Clc1ccc(-c2nc(-c3ccc(N4CCOCC4)cc3)no2)c(Cl)c1. The molecule has 0 atom stereocenters.